The van der Waals surface area contributed by atoms with Gasteiger partial charge < -0.3 is 9.88 Å². The lowest BCUT2D eigenvalue weighted by atomic mass is 9.97. The Morgan fingerprint density at radius 1 is 1.10 bits per heavy atom. The van der Waals surface area contributed by atoms with Crippen LogP contribution in [0.15, 0.2) is 60.7 Å². The van der Waals surface area contributed by atoms with Crippen molar-refractivity contribution in [3.63, 3.8) is 0 Å². The summed E-state index contributed by atoms with van der Waals surface area (Å²) in [5, 5.41) is 11.9. The Morgan fingerprint density at radius 2 is 1.83 bits per heavy atom. The fraction of sp³-hybridized carbons (Fsp3) is 0.375. The summed E-state index contributed by atoms with van der Waals surface area (Å²) in [6.45, 7) is 6.31. The van der Waals surface area contributed by atoms with E-state index >= 15 is 0 Å². The summed E-state index contributed by atoms with van der Waals surface area (Å²) in [5.41, 5.74) is 2.33. The molecule has 156 valence electrons. The van der Waals surface area contributed by atoms with Gasteiger partial charge in [0.1, 0.15) is 5.82 Å². The van der Waals surface area contributed by atoms with E-state index in [1.54, 1.807) is 0 Å². The third kappa shape index (κ3) is 4.60. The van der Waals surface area contributed by atoms with Gasteiger partial charge in [-0.25, -0.2) is 0 Å². The van der Waals surface area contributed by atoms with Gasteiger partial charge in [0.15, 0.2) is 5.82 Å². The molecule has 6 heteroatoms. The van der Waals surface area contributed by atoms with E-state index in [0.29, 0.717) is 6.54 Å². The highest BCUT2D eigenvalue weighted by atomic mass is 16.1. The van der Waals surface area contributed by atoms with Crippen LogP contribution in [0, 0.1) is 0 Å². The Kier molecular flexibility index (Phi) is 6.54. The molecule has 0 spiro atoms. The molecule has 0 fully saturated rings. The maximum absolute atomic E-state index is 12.9. The molecule has 0 saturated carbocycles. The minimum Gasteiger partial charge on any atom is -0.354 e. The first kappa shape index (κ1) is 20.3. The van der Waals surface area contributed by atoms with Gasteiger partial charge >= 0.3 is 0 Å². The van der Waals surface area contributed by atoms with Crippen LogP contribution in [-0.2, 0) is 17.9 Å². The van der Waals surface area contributed by atoms with E-state index in [-0.39, 0.29) is 11.8 Å². The van der Waals surface area contributed by atoms with Gasteiger partial charge in [0.2, 0.25) is 5.91 Å². The Labute approximate surface area is 177 Å². The molecule has 1 aliphatic heterocycles. The number of fused-ring (bicyclic) bond motifs is 1. The Balaban J connectivity index is 1.36. The molecule has 1 atom stereocenters. The summed E-state index contributed by atoms with van der Waals surface area (Å²) >= 11 is 0. The van der Waals surface area contributed by atoms with Crippen LogP contribution in [0.3, 0.4) is 0 Å². The van der Waals surface area contributed by atoms with Crippen LogP contribution in [0.25, 0.3) is 11.4 Å². The monoisotopic (exact) mass is 403 g/mol. The van der Waals surface area contributed by atoms with Gasteiger partial charge in [-0.05, 0) is 24.9 Å². The Hall–Kier alpha value is -2.99. The molecule has 30 heavy (non-hydrogen) atoms. The van der Waals surface area contributed by atoms with Gasteiger partial charge in [0, 0.05) is 31.7 Å². The van der Waals surface area contributed by atoms with Crippen molar-refractivity contribution in [2.24, 2.45) is 0 Å². The first-order valence-electron chi connectivity index (χ1n) is 10.8. The fourth-order valence-corrected chi connectivity index (χ4v) is 4.08. The molecular formula is C24H29N5O. The number of amides is 1. The van der Waals surface area contributed by atoms with E-state index in [2.05, 4.69) is 56.2 Å². The summed E-state index contributed by atoms with van der Waals surface area (Å²) in [6, 6.07) is 20.5. The molecule has 0 bridgehead atoms. The number of benzene rings is 2. The third-order valence-electron chi connectivity index (χ3n) is 5.74. The van der Waals surface area contributed by atoms with Gasteiger partial charge in [0.25, 0.3) is 0 Å². The van der Waals surface area contributed by atoms with Gasteiger partial charge in [-0.3, -0.25) is 9.69 Å². The molecule has 2 aromatic carbocycles. The Bertz CT molecular complexity index is 954. The van der Waals surface area contributed by atoms with Crippen LogP contribution in [-0.4, -0.2) is 45.2 Å². The molecule has 3 aromatic rings. The number of hydrogen-bond donors (Lipinski definition) is 1. The van der Waals surface area contributed by atoms with Gasteiger partial charge in [-0.2, -0.15) is 0 Å². The van der Waals surface area contributed by atoms with Crippen LogP contribution >= 0.6 is 0 Å². The maximum Gasteiger partial charge on any atom is 0.230 e. The van der Waals surface area contributed by atoms with Crippen LogP contribution in [0.5, 0.6) is 0 Å². The predicted molar refractivity (Wildman–Crippen MR) is 118 cm³/mol. The second-order valence-corrected chi connectivity index (χ2v) is 7.74. The number of aromatic nitrogens is 3. The molecule has 0 radical (unpaired) electrons. The number of rotatable bonds is 8. The van der Waals surface area contributed by atoms with Crippen molar-refractivity contribution in [2.75, 3.05) is 19.6 Å². The summed E-state index contributed by atoms with van der Waals surface area (Å²) in [4.78, 5) is 15.3. The minimum absolute atomic E-state index is 0.0544. The lowest BCUT2D eigenvalue weighted by Crippen LogP contribution is -2.38. The van der Waals surface area contributed by atoms with Crippen LogP contribution in [0.4, 0.5) is 0 Å². The van der Waals surface area contributed by atoms with E-state index in [1.807, 2.05) is 36.4 Å². The molecule has 1 aliphatic rings. The van der Waals surface area contributed by atoms with Crippen molar-refractivity contribution >= 4 is 5.91 Å². The van der Waals surface area contributed by atoms with Crippen molar-refractivity contribution in [1.29, 1.82) is 0 Å². The van der Waals surface area contributed by atoms with E-state index in [4.69, 9.17) is 0 Å². The van der Waals surface area contributed by atoms with Gasteiger partial charge in [0.05, 0.1) is 5.92 Å². The number of nitrogens with one attached hydrogen (secondary N) is 1. The molecule has 4 rings (SSSR count). The second-order valence-electron chi connectivity index (χ2n) is 7.74. The summed E-state index contributed by atoms with van der Waals surface area (Å²) in [5.74, 6) is 1.46. The SMILES string of the molecule is CCN(CCNC(=O)C1CCCn2c(-c3ccccc3)nnc21)Cc1ccccc1. The van der Waals surface area contributed by atoms with Crippen molar-refractivity contribution in [3.8, 4) is 11.4 Å². The molecule has 0 saturated heterocycles. The van der Waals surface area contributed by atoms with Crippen molar-refractivity contribution in [2.45, 2.75) is 38.8 Å². The predicted octanol–water partition coefficient (Wildman–Crippen LogP) is 3.46. The molecule has 1 unspecified atom stereocenters. The van der Waals surface area contributed by atoms with E-state index < -0.39 is 0 Å². The van der Waals surface area contributed by atoms with Crippen molar-refractivity contribution in [1.82, 2.24) is 25.0 Å². The van der Waals surface area contributed by atoms with Crippen LogP contribution < -0.4 is 5.32 Å². The second kappa shape index (κ2) is 9.67. The quantitative estimate of drug-likeness (QED) is 0.626. The zero-order valence-electron chi connectivity index (χ0n) is 17.5. The molecule has 1 aromatic heterocycles. The molecule has 1 amide bonds. The van der Waals surface area contributed by atoms with Gasteiger partial charge in [-0.1, -0.05) is 67.6 Å². The topological polar surface area (TPSA) is 63.1 Å². The molecular weight excluding hydrogens is 374 g/mol. The zero-order chi connectivity index (χ0) is 20.8. The van der Waals surface area contributed by atoms with E-state index in [9.17, 15) is 4.79 Å². The average Bonchev–Trinajstić information content (AvgIpc) is 3.24. The number of likely N-dealkylation sites (N-methyl/N-ethyl adjacent to an activating group) is 1. The van der Waals surface area contributed by atoms with Crippen molar-refractivity contribution in [3.05, 3.63) is 72.1 Å². The van der Waals surface area contributed by atoms with Crippen LogP contribution in [0.1, 0.15) is 37.1 Å². The molecule has 1 N–H and O–H groups in total. The number of carbonyl (C=O) groups excluding carboxylic acids is 1. The molecule has 2 heterocycles. The smallest absolute Gasteiger partial charge is 0.230 e. The highest BCUT2D eigenvalue weighted by Crippen LogP contribution is 2.30. The third-order valence-corrected chi connectivity index (χ3v) is 5.74. The number of nitrogens with zero attached hydrogens (tertiary/aromatic N) is 4. The zero-order valence-corrected chi connectivity index (χ0v) is 17.5. The first-order chi connectivity index (χ1) is 14.8. The largest absolute Gasteiger partial charge is 0.354 e. The van der Waals surface area contributed by atoms with Crippen molar-refractivity contribution < 1.29 is 4.79 Å². The minimum atomic E-state index is -0.229. The summed E-state index contributed by atoms with van der Waals surface area (Å²) in [6.07, 6.45) is 1.78. The lowest BCUT2D eigenvalue weighted by Gasteiger charge is -2.24. The standard InChI is InChI=1S/C24H29N5O/c1-2-28(18-19-10-5-3-6-11-19)17-15-25-24(30)21-14-9-16-29-22(26-27-23(21)29)20-12-7-4-8-13-20/h3-8,10-13,21H,2,9,14-18H2,1H3,(H,25,30). The summed E-state index contributed by atoms with van der Waals surface area (Å²) in [7, 11) is 0. The Morgan fingerprint density at radius 3 is 2.57 bits per heavy atom. The average molecular weight is 404 g/mol. The molecule has 6 nitrogen and oxygen atoms in total. The van der Waals surface area contributed by atoms with E-state index in [1.165, 1.54) is 5.56 Å². The fourth-order valence-electron chi connectivity index (χ4n) is 4.08. The van der Waals surface area contributed by atoms with Crippen LogP contribution in [0.2, 0.25) is 0 Å². The summed E-state index contributed by atoms with van der Waals surface area (Å²) < 4.78 is 2.11. The highest BCUT2D eigenvalue weighted by Gasteiger charge is 2.30. The number of hydrogen-bond acceptors (Lipinski definition) is 4. The first-order valence-corrected chi connectivity index (χ1v) is 10.8. The van der Waals surface area contributed by atoms with Gasteiger partial charge in [-0.15, -0.1) is 10.2 Å². The maximum atomic E-state index is 12.9. The molecule has 0 aliphatic carbocycles. The highest BCUT2D eigenvalue weighted by molar-refractivity contribution is 5.83. The normalized spacial score (nSPS) is 15.7. The lowest BCUT2D eigenvalue weighted by molar-refractivity contribution is -0.123. The van der Waals surface area contributed by atoms with E-state index in [0.717, 1.165) is 56.2 Å². The number of carbonyl (C=O) groups is 1.